The summed E-state index contributed by atoms with van der Waals surface area (Å²) < 4.78 is 5.91. The lowest BCUT2D eigenvalue weighted by molar-refractivity contribution is 0.306. The number of nitrogens with zero attached hydrogens (tertiary/aromatic N) is 5. The standard InChI is InChI=1S/C27H27N7O/c1-3-10-21(11-4-1)20-35-24-15-9-12-22(18-24)19-28-33-26-30-25(29-23-13-5-2-6-14-23)31-27(32-26)34-16-7-8-17-34/h1-6,9-15,18-19H,7-8,16-17,20H2,(H2,29,30,31,32,33)/b28-19-. The van der Waals surface area contributed by atoms with Crippen molar-refractivity contribution < 1.29 is 4.74 Å². The van der Waals surface area contributed by atoms with Crippen LogP contribution < -0.4 is 20.4 Å². The van der Waals surface area contributed by atoms with Crippen LogP contribution in [0.15, 0.2) is 90.0 Å². The van der Waals surface area contributed by atoms with Crippen LogP contribution in [0.25, 0.3) is 0 Å². The number of aromatic nitrogens is 3. The summed E-state index contributed by atoms with van der Waals surface area (Å²) in [7, 11) is 0. The quantitative estimate of drug-likeness (QED) is 0.258. The van der Waals surface area contributed by atoms with Crippen LogP contribution in [0.1, 0.15) is 24.0 Å². The molecule has 5 rings (SSSR count). The fraction of sp³-hybridized carbons (Fsp3) is 0.185. The van der Waals surface area contributed by atoms with E-state index in [4.69, 9.17) is 4.74 Å². The summed E-state index contributed by atoms with van der Waals surface area (Å²) >= 11 is 0. The van der Waals surface area contributed by atoms with Crippen LogP contribution in [0.5, 0.6) is 5.75 Å². The molecule has 0 spiro atoms. The summed E-state index contributed by atoms with van der Waals surface area (Å²) in [5.74, 6) is 2.28. The number of anilines is 4. The van der Waals surface area contributed by atoms with E-state index in [1.54, 1.807) is 6.21 Å². The molecule has 176 valence electrons. The van der Waals surface area contributed by atoms with E-state index in [0.717, 1.165) is 48.5 Å². The topological polar surface area (TPSA) is 87.6 Å². The second kappa shape index (κ2) is 11.1. The van der Waals surface area contributed by atoms with Gasteiger partial charge in [-0.3, -0.25) is 0 Å². The van der Waals surface area contributed by atoms with Gasteiger partial charge >= 0.3 is 0 Å². The van der Waals surface area contributed by atoms with E-state index in [1.165, 1.54) is 0 Å². The predicted octanol–water partition coefficient (Wildman–Crippen LogP) is 5.24. The van der Waals surface area contributed by atoms with Crippen molar-refractivity contribution in [2.75, 3.05) is 28.7 Å². The van der Waals surface area contributed by atoms with Crippen LogP contribution in [0.3, 0.4) is 0 Å². The molecule has 0 aliphatic carbocycles. The molecule has 0 saturated carbocycles. The second-order valence-corrected chi connectivity index (χ2v) is 8.18. The van der Waals surface area contributed by atoms with Gasteiger partial charge in [-0.25, -0.2) is 5.43 Å². The number of benzene rings is 3. The first-order chi connectivity index (χ1) is 17.3. The molecule has 1 saturated heterocycles. The van der Waals surface area contributed by atoms with Crippen molar-refractivity contribution in [3.63, 3.8) is 0 Å². The number of hydrogen-bond donors (Lipinski definition) is 2. The minimum absolute atomic E-state index is 0.382. The van der Waals surface area contributed by atoms with Gasteiger partial charge in [0.2, 0.25) is 17.8 Å². The summed E-state index contributed by atoms with van der Waals surface area (Å²) in [5.41, 5.74) is 5.89. The molecule has 2 N–H and O–H groups in total. The van der Waals surface area contributed by atoms with Gasteiger partial charge in [0.05, 0.1) is 6.21 Å². The Kier molecular flexibility index (Phi) is 7.09. The maximum absolute atomic E-state index is 5.91. The average Bonchev–Trinajstić information content (AvgIpc) is 3.44. The van der Waals surface area contributed by atoms with Crippen molar-refractivity contribution >= 4 is 29.7 Å². The summed E-state index contributed by atoms with van der Waals surface area (Å²) in [6.45, 7) is 2.39. The highest BCUT2D eigenvalue weighted by molar-refractivity contribution is 5.80. The maximum atomic E-state index is 5.91. The fourth-order valence-corrected chi connectivity index (χ4v) is 3.77. The van der Waals surface area contributed by atoms with E-state index in [9.17, 15) is 0 Å². The molecule has 4 aromatic rings. The van der Waals surface area contributed by atoms with E-state index in [0.29, 0.717) is 24.5 Å². The molecule has 8 heteroatoms. The predicted molar refractivity (Wildman–Crippen MR) is 139 cm³/mol. The van der Waals surface area contributed by atoms with Crippen molar-refractivity contribution in [1.82, 2.24) is 15.0 Å². The monoisotopic (exact) mass is 465 g/mol. The number of hydrogen-bond acceptors (Lipinski definition) is 8. The highest BCUT2D eigenvalue weighted by atomic mass is 16.5. The first-order valence-electron chi connectivity index (χ1n) is 11.7. The van der Waals surface area contributed by atoms with Crippen LogP contribution in [-0.4, -0.2) is 34.3 Å². The lowest BCUT2D eigenvalue weighted by Gasteiger charge is -2.16. The van der Waals surface area contributed by atoms with Gasteiger partial charge in [-0.1, -0.05) is 60.7 Å². The minimum Gasteiger partial charge on any atom is -0.489 e. The molecule has 1 aliphatic rings. The highest BCUT2D eigenvalue weighted by Crippen LogP contribution is 2.21. The number of ether oxygens (including phenoxy) is 1. The van der Waals surface area contributed by atoms with Crippen LogP contribution in [-0.2, 0) is 6.61 Å². The zero-order valence-corrected chi connectivity index (χ0v) is 19.3. The van der Waals surface area contributed by atoms with E-state index < -0.39 is 0 Å². The third-order valence-electron chi connectivity index (χ3n) is 5.53. The van der Waals surface area contributed by atoms with Gasteiger partial charge in [0.1, 0.15) is 12.4 Å². The lowest BCUT2D eigenvalue weighted by atomic mass is 10.2. The summed E-state index contributed by atoms with van der Waals surface area (Å²) in [6, 6.07) is 27.7. The van der Waals surface area contributed by atoms with Crippen LogP contribution in [0.4, 0.5) is 23.5 Å². The Morgan fingerprint density at radius 3 is 2.37 bits per heavy atom. The van der Waals surface area contributed by atoms with Gasteiger partial charge in [-0.05, 0) is 48.2 Å². The average molecular weight is 466 g/mol. The molecular formula is C27H27N7O. The Balaban J connectivity index is 1.28. The first kappa shape index (κ1) is 22.3. The summed E-state index contributed by atoms with van der Waals surface area (Å²) in [6.07, 6.45) is 3.99. The number of hydrazone groups is 1. The Hall–Kier alpha value is -4.46. The molecule has 1 fully saturated rings. The molecule has 0 bridgehead atoms. The normalized spacial score (nSPS) is 13.2. The summed E-state index contributed by atoms with van der Waals surface area (Å²) in [5, 5.41) is 7.61. The zero-order chi connectivity index (χ0) is 23.7. The minimum atomic E-state index is 0.382. The van der Waals surface area contributed by atoms with E-state index in [1.807, 2.05) is 84.9 Å². The van der Waals surface area contributed by atoms with Crippen LogP contribution >= 0.6 is 0 Å². The molecule has 0 atom stereocenters. The van der Waals surface area contributed by atoms with E-state index in [2.05, 4.69) is 35.7 Å². The molecule has 2 heterocycles. The Morgan fingerprint density at radius 2 is 1.57 bits per heavy atom. The Morgan fingerprint density at radius 1 is 0.829 bits per heavy atom. The van der Waals surface area contributed by atoms with Gasteiger partial charge < -0.3 is 15.0 Å². The van der Waals surface area contributed by atoms with Crippen molar-refractivity contribution in [2.45, 2.75) is 19.4 Å². The number of rotatable bonds is 9. The van der Waals surface area contributed by atoms with Crippen LogP contribution in [0.2, 0.25) is 0 Å². The van der Waals surface area contributed by atoms with Gasteiger partial charge in [-0.2, -0.15) is 20.1 Å². The highest BCUT2D eigenvalue weighted by Gasteiger charge is 2.17. The van der Waals surface area contributed by atoms with Gasteiger partial charge in [0.15, 0.2) is 0 Å². The SMILES string of the molecule is C(=N/Nc1nc(Nc2ccccc2)nc(N2CCCC2)n1)/c1cccc(OCc2ccccc2)c1. The Labute approximate surface area is 204 Å². The third kappa shape index (κ3) is 6.32. The molecule has 0 unspecified atom stereocenters. The first-order valence-corrected chi connectivity index (χ1v) is 11.7. The maximum Gasteiger partial charge on any atom is 0.250 e. The fourth-order valence-electron chi connectivity index (χ4n) is 3.77. The molecule has 35 heavy (non-hydrogen) atoms. The van der Waals surface area contributed by atoms with Crippen molar-refractivity contribution in [3.05, 3.63) is 96.1 Å². The largest absolute Gasteiger partial charge is 0.489 e. The molecule has 3 aromatic carbocycles. The third-order valence-corrected chi connectivity index (χ3v) is 5.53. The molecule has 1 aromatic heterocycles. The van der Waals surface area contributed by atoms with Crippen molar-refractivity contribution in [1.29, 1.82) is 0 Å². The molecular weight excluding hydrogens is 438 g/mol. The van der Waals surface area contributed by atoms with Crippen molar-refractivity contribution in [3.8, 4) is 5.75 Å². The zero-order valence-electron chi connectivity index (χ0n) is 19.3. The molecule has 8 nitrogen and oxygen atoms in total. The van der Waals surface area contributed by atoms with Gasteiger partial charge in [0, 0.05) is 18.8 Å². The van der Waals surface area contributed by atoms with Crippen LogP contribution in [0, 0.1) is 0 Å². The molecule has 1 aliphatic heterocycles. The lowest BCUT2D eigenvalue weighted by Crippen LogP contribution is -2.21. The van der Waals surface area contributed by atoms with Gasteiger partial charge in [0.25, 0.3) is 0 Å². The summed E-state index contributed by atoms with van der Waals surface area (Å²) in [4.78, 5) is 15.9. The van der Waals surface area contributed by atoms with Gasteiger partial charge in [-0.15, -0.1) is 0 Å². The number of para-hydroxylation sites is 1. The van der Waals surface area contributed by atoms with E-state index >= 15 is 0 Å². The van der Waals surface area contributed by atoms with E-state index in [-0.39, 0.29) is 0 Å². The second-order valence-electron chi connectivity index (χ2n) is 8.18. The molecule has 0 radical (unpaired) electrons. The molecule has 0 amide bonds. The van der Waals surface area contributed by atoms with Crippen molar-refractivity contribution in [2.24, 2.45) is 5.10 Å². The Bertz CT molecular complexity index is 1260. The number of nitrogens with one attached hydrogen (secondary N) is 2. The smallest absolute Gasteiger partial charge is 0.250 e.